The van der Waals surface area contributed by atoms with Gasteiger partial charge < -0.3 is 14.2 Å². The number of hydrogen-bond acceptors (Lipinski definition) is 7. The van der Waals surface area contributed by atoms with Crippen molar-refractivity contribution in [1.82, 2.24) is 4.57 Å². The van der Waals surface area contributed by atoms with Gasteiger partial charge in [0, 0.05) is 5.02 Å². The Kier molecular flexibility index (Phi) is 7.66. The van der Waals surface area contributed by atoms with Gasteiger partial charge in [-0.05, 0) is 69.2 Å². The molecule has 0 bridgehead atoms. The van der Waals surface area contributed by atoms with E-state index in [1.807, 2.05) is 37.3 Å². The minimum atomic E-state index is -0.693. The van der Waals surface area contributed by atoms with Crippen molar-refractivity contribution in [1.29, 1.82) is 0 Å². The fourth-order valence-corrected chi connectivity index (χ4v) is 5.19. The molecule has 1 aliphatic rings. The number of esters is 1. The van der Waals surface area contributed by atoms with Gasteiger partial charge in [0.1, 0.15) is 0 Å². The van der Waals surface area contributed by atoms with Crippen molar-refractivity contribution in [3.63, 3.8) is 0 Å². The molecule has 1 aliphatic heterocycles. The lowest BCUT2D eigenvalue weighted by atomic mass is 9.96. The third-order valence-corrected chi connectivity index (χ3v) is 6.79. The van der Waals surface area contributed by atoms with Gasteiger partial charge in [0.15, 0.2) is 16.3 Å². The quantitative estimate of drug-likeness (QED) is 0.430. The van der Waals surface area contributed by atoms with Crippen LogP contribution in [0.4, 0.5) is 0 Å². The Hall–Kier alpha value is -3.36. The van der Waals surface area contributed by atoms with Gasteiger partial charge in [-0.2, -0.15) is 0 Å². The first-order valence-electron chi connectivity index (χ1n) is 11.5. The lowest BCUT2D eigenvalue weighted by Crippen LogP contribution is -2.40. The molecule has 1 unspecified atom stereocenters. The number of methoxy groups -OCH3 is 1. The van der Waals surface area contributed by atoms with Crippen molar-refractivity contribution in [2.75, 3.05) is 13.7 Å². The zero-order chi connectivity index (χ0) is 26.0. The van der Waals surface area contributed by atoms with Crippen molar-refractivity contribution in [3.8, 4) is 11.5 Å². The highest BCUT2D eigenvalue weighted by Crippen LogP contribution is 2.32. The Morgan fingerprint density at radius 2 is 1.92 bits per heavy atom. The molecule has 1 aromatic heterocycles. The van der Waals surface area contributed by atoms with Gasteiger partial charge in [-0.1, -0.05) is 41.1 Å². The Morgan fingerprint density at radius 3 is 2.56 bits per heavy atom. The summed E-state index contributed by atoms with van der Waals surface area (Å²) in [6.07, 6.45) is 1.47. The second kappa shape index (κ2) is 10.7. The Balaban J connectivity index is 1.89. The topological polar surface area (TPSA) is 79.1 Å². The molecule has 7 nitrogen and oxygen atoms in total. The van der Waals surface area contributed by atoms with Gasteiger partial charge in [0.2, 0.25) is 0 Å². The van der Waals surface area contributed by atoms with Gasteiger partial charge in [-0.15, -0.1) is 0 Å². The summed E-state index contributed by atoms with van der Waals surface area (Å²) >= 11 is 7.38. The highest BCUT2D eigenvalue weighted by Gasteiger charge is 2.33. The fraction of sp³-hybridized carbons (Fsp3) is 0.296. The van der Waals surface area contributed by atoms with Crippen LogP contribution in [0.1, 0.15) is 44.9 Å². The van der Waals surface area contributed by atoms with Crippen LogP contribution in [0.3, 0.4) is 0 Å². The monoisotopic (exact) mass is 526 g/mol. The summed E-state index contributed by atoms with van der Waals surface area (Å²) in [5.74, 6) is 0.703. The Morgan fingerprint density at radius 1 is 1.19 bits per heavy atom. The average molecular weight is 527 g/mol. The van der Waals surface area contributed by atoms with E-state index in [0.717, 1.165) is 11.1 Å². The van der Waals surface area contributed by atoms with E-state index in [4.69, 9.17) is 25.8 Å². The molecule has 4 rings (SSSR count). The largest absolute Gasteiger partial charge is 0.493 e. The maximum atomic E-state index is 13.7. The number of ether oxygens (including phenoxy) is 3. The van der Waals surface area contributed by atoms with Gasteiger partial charge in [-0.25, -0.2) is 9.79 Å². The van der Waals surface area contributed by atoms with E-state index in [9.17, 15) is 9.59 Å². The summed E-state index contributed by atoms with van der Waals surface area (Å²) in [5.41, 5.74) is 2.09. The summed E-state index contributed by atoms with van der Waals surface area (Å²) < 4.78 is 18.6. The second-order valence-corrected chi connectivity index (χ2v) is 9.88. The number of benzene rings is 2. The van der Waals surface area contributed by atoms with Crippen molar-refractivity contribution < 1.29 is 19.0 Å². The van der Waals surface area contributed by atoms with Crippen LogP contribution in [-0.2, 0) is 9.53 Å². The molecule has 2 heterocycles. The minimum Gasteiger partial charge on any atom is -0.493 e. The van der Waals surface area contributed by atoms with Crippen LogP contribution in [0, 0.1) is 0 Å². The molecule has 0 radical (unpaired) electrons. The molecule has 0 aliphatic carbocycles. The molecular formula is C27H27ClN2O5S. The number of aromatic nitrogens is 1. The molecule has 188 valence electrons. The normalized spacial score (nSPS) is 15.5. The molecule has 0 spiro atoms. The van der Waals surface area contributed by atoms with Gasteiger partial charge >= 0.3 is 5.97 Å². The first-order chi connectivity index (χ1) is 17.2. The minimum absolute atomic E-state index is 0.256. The Bertz CT molecular complexity index is 1500. The van der Waals surface area contributed by atoms with Gasteiger partial charge in [0.25, 0.3) is 5.56 Å². The number of rotatable bonds is 7. The predicted molar refractivity (Wildman–Crippen MR) is 141 cm³/mol. The van der Waals surface area contributed by atoms with Crippen molar-refractivity contribution in [3.05, 3.63) is 89.6 Å². The number of allylic oxidation sites excluding steroid dienone is 1. The SMILES string of the molecule is CCOc1ccc(/C=c2\sc3n(c2=O)C(c2ccc(Cl)cc2)C(C(=O)OC(C)C)=C(C)N=3)cc1OC. The van der Waals surface area contributed by atoms with Gasteiger partial charge in [-0.3, -0.25) is 9.36 Å². The maximum absolute atomic E-state index is 13.7. The highest BCUT2D eigenvalue weighted by molar-refractivity contribution is 7.07. The van der Waals surface area contributed by atoms with E-state index in [1.165, 1.54) is 11.3 Å². The fourth-order valence-electron chi connectivity index (χ4n) is 4.02. The van der Waals surface area contributed by atoms with E-state index in [-0.39, 0.29) is 11.7 Å². The van der Waals surface area contributed by atoms with Crippen LogP contribution >= 0.6 is 22.9 Å². The first-order valence-corrected chi connectivity index (χ1v) is 12.7. The lowest BCUT2D eigenvalue weighted by molar-refractivity contribution is -0.143. The number of carbonyl (C=O) groups excluding carboxylic acids is 1. The highest BCUT2D eigenvalue weighted by atomic mass is 35.5. The van der Waals surface area contributed by atoms with E-state index in [0.29, 0.717) is 43.7 Å². The molecular weight excluding hydrogens is 500 g/mol. The summed E-state index contributed by atoms with van der Waals surface area (Å²) in [6.45, 7) is 7.74. The zero-order valence-corrected chi connectivity index (χ0v) is 22.3. The number of thiazole rings is 1. The molecule has 0 fully saturated rings. The van der Waals surface area contributed by atoms with Gasteiger partial charge in [0.05, 0.1) is 41.7 Å². The lowest BCUT2D eigenvalue weighted by Gasteiger charge is -2.25. The van der Waals surface area contributed by atoms with E-state index >= 15 is 0 Å². The number of hydrogen-bond donors (Lipinski definition) is 0. The molecule has 2 aromatic carbocycles. The molecule has 0 N–H and O–H groups in total. The summed E-state index contributed by atoms with van der Waals surface area (Å²) in [4.78, 5) is 32.0. The summed E-state index contributed by atoms with van der Waals surface area (Å²) in [6, 6.07) is 11.9. The van der Waals surface area contributed by atoms with Crippen molar-refractivity contribution >= 4 is 35.0 Å². The predicted octanol–water partition coefficient (Wildman–Crippen LogP) is 4.25. The number of nitrogens with zero attached hydrogens (tertiary/aromatic N) is 2. The average Bonchev–Trinajstić information content (AvgIpc) is 3.13. The maximum Gasteiger partial charge on any atom is 0.338 e. The van der Waals surface area contributed by atoms with Crippen LogP contribution in [0.15, 0.2) is 63.5 Å². The Labute approximate surface area is 217 Å². The first kappa shape index (κ1) is 25.7. The molecule has 0 saturated carbocycles. The third kappa shape index (κ3) is 5.10. The van der Waals surface area contributed by atoms with Crippen LogP contribution in [-0.4, -0.2) is 30.4 Å². The van der Waals surface area contributed by atoms with E-state index in [2.05, 4.69) is 4.99 Å². The number of halogens is 1. The van der Waals surface area contributed by atoms with Crippen LogP contribution in [0.2, 0.25) is 5.02 Å². The smallest absolute Gasteiger partial charge is 0.338 e. The third-order valence-electron chi connectivity index (χ3n) is 5.56. The van der Waals surface area contributed by atoms with Crippen LogP contribution < -0.4 is 24.4 Å². The van der Waals surface area contributed by atoms with Crippen LogP contribution in [0.5, 0.6) is 11.5 Å². The number of fused-ring (bicyclic) bond motifs is 1. The van der Waals surface area contributed by atoms with Crippen molar-refractivity contribution in [2.24, 2.45) is 4.99 Å². The molecule has 36 heavy (non-hydrogen) atoms. The molecule has 3 aromatic rings. The molecule has 9 heteroatoms. The van der Waals surface area contributed by atoms with E-state index in [1.54, 1.807) is 50.7 Å². The second-order valence-electron chi connectivity index (χ2n) is 8.43. The molecule has 1 atom stereocenters. The van der Waals surface area contributed by atoms with E-state index < -0.39 is 12.0 Å². The summed E-state index contributed by atoms with van der Waals surface area (Å²) in [7, 11) is 1.57. The number of carbonyl (C=O) groups is 1. The molecule has 0 saturated heterocycles. The summed E-state index contributed by atoms with van der Waals surface area (Å²) in [5, 5.41) is 0.558. The standard InChI is InChI=1S/C27H27ClN2O5S/c1-6-34-20-12-7-17(13-21(20)33-5)14-22-25(31)30-24(18-8-10-19(28)11-9-18)23(26(32)35-15(2)3)16(4)29-27(30)36-22/h7-15,24H,6H2,1-5H3/b22-14-. The van der Waals surface area contributed by atoms with Crippen LogP contribution in [0.25, 0.3) is 6.08 Å². The zero-order valence-electron chi connectivity index (χ0n) is 20.7. The molecule has 0 amide bonds. The van der Waals surface area contributed by atoms with Crippen molar-refractivity contribution in [2.45, 2.75) is 39.8 Å².